The van der Waals surface area contributed by atoms with Crippen LogP contribution in [0.3, 0.4) is 0 Å². The van der Waals surface area contributed by atoms with Gasteiger partial charge in [-0.15, -0.1) is 0 Å². The Morgan fingerprint density at radius 2 is 1.88 bits per heavy atom. The fourth-order valence-electron chi connectivity index (χ4n) is 2.53. The number of aryl methyl sites for hydroxylation is 1. The van der Waals surface area contributed by atoms with E-state index in [4.69, 9.17) is 16.3 Å². The molecule has 0 amide bonds. The lowest BCUT2D eigenvalue weighted by Crippen LogP contribution is -2.14. The van der Waals surface area contributed by atoms with E-state index in [2.05, 4.69) is 10.1 Å². The number of alkyl halides is 3. The van der Waals surface area contributed by atoms with Gasteiger partial charge in [0.1, 0.15) is 5.69 Å². The van der Waals surface area contributed by atoms with Gasteiger partial charge in [-0.2, -0.15) is 18.3 Å². The minimum atomic E-state index is -4.54. The molecule has 0 unspecified atom stereocenters. The summed E-state index contributed by atoms with van der Waals surface area (Å²) in [7, 11) is 1.46. The number of methoxy groups -OCH3 is 1. The fraction of sp³-hybridized carbons (Fsp3) is 0.250. The molecule has 0 atom stereocenters. The van der Waals surface area contributed by atoms with Gasteiger partial charge in [0.05, 0.1) is 17.9 Å². The molecular weight excluding hydrogens is 343 g/mol. The number of ether oxygens (including phenoxy) is 1. The molecule has 3 aromatic rings. The second-order valence-electron chi connectivity index (χ2n) is 5.28. The molecule has 0 aliphatic rings. The highest BCUT2D eigenvalue weighted by atomic mass is 35.5. The third kappa shape index (κ3) is 2.97. The van der Waals surface area contributed by atoms with Crippen molar-refractivity contribution < 1.29 is 17.9 Å². The van der Waals surface area contributed by atoms with Crippen LogP contribution >= 0.6 is 11.6 Å². The van der Waals surface area contributed by atoms with E-state index < -0.39 is 11.9 Å². The first-order valence-corrected chi connectivity index (χ1v) is 7.40. The maximum Gasteiger partial charge on any atom is 0.433 e. The second kappa shape index (κ2) is 6.07. The summed E-state index contributed by atoms with van der Waals surface area (Å²) in [5.41, 5.74) is 1.08. The maximum absolute atomic E-state index is 13.3. The molecule has 0 saturated carbocycles. The quantitative estimate of drug-likeness (QED) is 0.693. The standard InChI is InChI=1S/C16H13ClF3N3O/c1-9-7-13(16(18,19)20)23-15(21-9)14(12(22-23)8-24-2)10-3-5-11(17)6-4-10/h3-7H,8H2,1-2H3. The van der Waals surface area contributed by atoms with E-state index >= 15 is 0 Å². The zero-order chi connectivity index (χ0) is 17.5. The minimum Gasteiger partial charge on any atom is -0.378 e. The van der Waals surface area contributed by atoms with Crippen molar-refractivity contribution in [1.29, 1.82) is 0 Å². The Balaban J connectivity index is 2.36. The van der Waals surface area contributed by atoms with Crippen LogP contribution in [-0.2, 0) is 17.5 Å². The smallest absolute Gasteiger partial charge is 0.378 e. The van der Waals surface area contributed by atoms with E-state index in [9.17, 15) is 13.2 Å². The van der Waals surface area contributed by atoms with Crippen LogP contribution in [0.5, 0.6) is 0 Å². The molecule has 24 heavy (non-hydrogen) atoms. The lowest BCUT2D eigenvalue weighted by Gasteiger charge is -2.09. The molecule has 8 heteroatoms. The molecule has 0 saturated heterocycles. The summed E-state index contributed by atoms with van der Waals surface area (Å²) in [4.78, 5) is 4.26. The van der Waals surface area contributed by atoms with Gasteiger partial charge in [-0.3, -0.25) is 0 Å². The van der Waals surface area contributed by atoms with Crippen LogP contribution in [0.15, 0.2) is 30.3 Å². The average Bonchev–Trinajstić information content (AvgIpc) is 2.84. The van der Waals surface area contributed by atoms with Gasteiger partial charge in [0.2, 0.25) is 0 Å². The van der Waals surface area contributed by atoms with Crippen molar-refractivity contribution in [2.75, 3.05) is 7.11 Å². The summed E-state index contributed by atoms with van der Waals surface area (Å²) in [6, 6.07) is 7.74. The van der Waals surface area contributed by atoms with Gasteiger partial charge in [0.15, 0.2) is 5.65 Å². The van der Waals surface area contributed by atoms with Gasteiger partial charge >= 0.3 is 6.18 Å². The molecule has 0 bridgehead atoms. The van der Waals surface area contributed by atoms with Crippen LogP contribution in [0, 0.1) is 6.92 Å². The molecule has 0 fully saturated rings. The van der Waals surface area contributed by atoms with E-state index in [-0.39, 0.29) is 17.9 Å². The highest BCUT2D eigenvalue weighted by Gasteiger charge is 2.35. The number of hydrogen-bond donors (Lipinski definition) is 0. The van der Waals surface area contributed by atoms with Crippen molar-refractivity contribution in [1.82, 2.24) is 14.6 Å². The highest BCUT2D eigenvalue weighted by molar-refractivity contribution is 6.30. The first kappa shape index (κ1) is 16.7. The van der Waals surface area contributed by atoms with Crippen molar-refractivity contribution in [2.45, 2.75) is 19.7 Å². The number of nitrogens with zero attached hydrogens (tertiary/aromatic N) is 3. The molecule has 4 nitrogen and oxygen atoms in total. The molecular formula is C16H13ClF3N3O. The molecule has 0 aliphatic carbocycles. The van der Waals surface area contributed by atoms with Gasteiger partial charge in [0, 0.05) is 17.8 Å². The predicted molar refractivity (Wildman–Crippen MR) is 83.9 cm³/mol. The first-order valence-electron chi connectivity index (χ1n) is 7.02. The van der Waals surface area contributed by atoms with Crippen LogP contribution in [-0.4, -0.2) is 21.7 Å². The third-order valence-corrected chi connectivity index (χ3v) is 3.75. The van der Waals surface area contributed by atoms with Crippen molar-refractivity contribution in [3.8, 4) is 11.1 Å². The van der Waals surface area contributed by atoms with E-state index in [0.29, 0.717) is 21.8 Å². The molecule has 0 radical (unpaired) electrons. The number of rotatable bonds is 3. The van der Waals surface area contributed by atoms with Crippen LogP contribution in [0.2, 0.25) is 5.02 Å². The normalized spacial score (nSPS) is 12.1. The summed E-state index contributed by atoms with van der Waals surface area (Å²) in [6.45, 7) is 1.58. The minimum absolute atomic E-state index is 0.0671. The van der Waals surface area contributed by atoms with Crippen LogP contribution in [0.4, 0.5) is 13.2 Å². The van der Waals surface area contributed by atoms with Crippen LogP contribution < -0.4 is 0 Å². The SMILES string of the molecule is COCc1nn2c(C(F)(F)F)cc(C)nc2c1-c1ccc(Cl)cc1. The first-order chi connectivity index (χ1) is 11.3. The maximum atomic E-state index is 13.3. The molecule has 0 N–H and O–H groups in total. The topological polar surface area (TPSA) is 39.4 Å². The average molecular weight is 356 g/mol. The van der Waals surface area contributed by atoms with Crippen molar-refractivity contribution in [3.63, 3.8) is 0 Å². The van der Waals surface area contributed by atoms with Gasteiger partial charge in [-0.25, -0.2) is 9.50 Å². The Morgan fingerprint density at radius 1 is 1.21 bits per heavy atom. The van der Waals surface area contributed by atoms with Crippen LogP contribution in [0.1, 0.15) is 17.1 Å². The van der Waals surface area contributed by atoms with Crippen LogP contribution in [0.25, 0.3) is 16.8 Å². The third-order valence-electron chi connectivity index (χ3n) is 3.49. The molecule has 1 aromatic carbocycles. The van der Waals surface area contributed by atoms with E-state index in [1.807, 2.05) is 0 Å². The number of benzene rings is 1. The molecule has 3 rings (SSSR count). The lowest BCUT2D eigenvalue weighted by atomic mass is 10.1. The molecule has 2 aromatic heterocycles. The Kier molecular flexibility index (Phi) is 4.23. The van der Waals surface area contributed by atoms with Crippen molar-refractivity contribution in [3.05, 3.63) is 52.4 Å². The van der Waals surface area contributed by atoms with Gasteiger partial charge in [-0.05, 0) is 30.7 Å². The second-order valence-corrected chi connectivity index (χ2v) is 5.71. The Morgan fingerprint density at radius 3 is 2.46 bits per heavy atom. The molecule has 126 valence electrons. The van der Waals surface area contributed by atoms with Crippen molar-refractivity contribution >= 4 is 17.2 Å². The summed E-state index contributed by atoms with van der Waals surface area (Å²) >= 11 is 5.89. The number of fused-ring (bicyclic) bond motifs is 1. The van der Waals surface area contributed by atoms with E-state index in [1.54, 1.807) is 24.3 Å². The molecule has 2 heterocycles. The number of halogens is 4. The summed E-state index contributed by atoms with van der Waals surface area (Å²) < 4.78 is 45.9. The Bertz CT molecular complexity index is 888. The summed E-state index contributed by atoms with van der Waals surface area (Å²) in [5.74, 6) is 0. The lowest BCUT2D eigenvalue weighted by molar-refractivity contribution is -0.142. The van der Waals surface area contributed by atoms with E-state index in [1.165, 1.54) is 14.0 Å². The van der Waals surface area contributed by atoms with Gasteiger partial charge < -0.3 is 4.74 Å². The van der Waals surface area contributed by atoms with Crippen molar-refractivity contribution in [2.24, 2.45) is 0 Å². The van der Waals surface area contributed by atoms with Gasteiger partial charge in [0.25, 0.3) is 0 Å². The molecule has 0 aliphatic heterocycles. The molecule has 0 spiro atoms. The highest BCUT2D eigenvalue weighted by Crippen LogP contribution is 2.34. The van der Waals surface area contributed by atoms with E-state index in [0.717, 1.165) is 10.6 Å². The summed E-state index contributed by atoms with van der Waals surface area (Å²) in [6.07, 6.45) is -4.54. The number of hydrogen-bond acceptors (Lipinski definition) is 3. The zero-order valence-electron chi connectivity index (χ0n) is 12.9. The zero-order valence-corrected chi connectivity index (χ0v) is 13.6. The Hall–Kier alpha value is -2.12. The monoisotopic (exact) mass is 355 g/mol. The number of aromatic nitrogens is 3. The summed E-state index contributed by atoms with van der Waals surface area (Å²) in [5, 5.41) is 4.62. The fourth-order valence-corrected chi connectivity index (χ4v) is 2.66. The largest absolute Gasteiger partial charge is 0.433 e. The Labute approximate surface area is 140 Å². The predicted octanol–water partition coefficient (Wildman–Crippen LogP) is 4.52. The van der Waals surface area contributed by atoms with Gasteiger partial charge in [-0.1, -0.05) is 23.7 Å².